The Morgan fingerprint density at radius 3 is 1.96 bits per heavy atom. The summed E-state index contributed by atoms with van der Waals surface area (Å²) in [4.78, 5) is 25.7. The number of halogens is 1. The number of carbonyl (C=O) groups excluding carboxylic acids is 2. The quantitative estimate of drug-likeness (QED) is 0.244. The molecule has 1 fully saturated rings. The lowest BCUT2D eigenvalue weighted by atomic mass is 9.97. The van der Waals surface area contributed by atoms with Crippen LogP contribution in [-0.4, -0.2) is 41.8 Å². The number of esters is 1. The summed E-state index contributed by atoms with van der Waals surface area (Å²) in [5, 5.41) is -0.491. The van der Waals surface area contributed by atoms with Gasteiger partial charge in [-0.3, -0.25) is 9.59 Å². The minimum absolute atomic E-state index is 0.0381. The van der Waals surface area contributed by atoms with Gasteiger partial charge in [0.2, 0.25) is 5.91 Å². The lowest BCUT2D eigenvalue weighted by Crippen LogP contribution is -2.43. The first-order valence-electron chi connectivity index (χ1n) is 10.7. The van der Waals surface area contributed by atoms with Crippen molar-refractivity contribution in [3.8, 4) is 0 Å². The molecule has 1 atom stereocenters. The molecule has 1 aliphatic rings. The molecule has 1 saturated heterocycles. The molecule has 0 saturated carbocycles. The molecule has 0 spiro atoms. The maximum Gasteiger partial charge on any atom is 0.309 e. The molecule has 1 aliphatic heterocycles. The lowest BCUT2D eigenvalue weighted by molar-refractivity contribution is -0.151. The summed E-state index contributed by atoms with van der Waals surface area (Å²) in [6.07, 6.45) is 14.1. The number of carbonyl (C=O) groups is 2. The molecule has 26 heavy (non-hydrogen) atoms. The highest BCUT2D eigenvalue weighted by Crippen LogP contribution is 2.20. The van der Waals surface area contributed by atoms with Crippen molar-refractivity contribution >= 4 is 23.5 Å². The van der Waals surface area contributed by atoms with Gasteiger partial charge >= 0.3 is 5.97 Å². The van der Waals surface area contributed by atoms with Crippen LogP contribution in [0.5, 0.6) is 0 Å². The van der Waals surface area contributed by atoms with Crippen LogP contribution in [0.1, 0.15) is 90.9 Å². The number of amides is 1. The fourth-order valence-corrected chi connectivity index (χ4v) is 3.61. The number of likely N-dealkylation sites (tertiary alicyclic amines) is 1. The first-order valence-corrected chi connectivity index (χ1v) is 11.1. The predicted octanol–water partition coefficient (Wildman–Crippen LogP) is 5.32. The third-order valence-corrected chi connectivity index (χ3v) is 5.41. The number of ether oxygens (including phenoxy) is 1. The SMILES string of the molecule is CCCCCCCCCCCCOC(=O)C1CCN(C(=O)C(C)Cl)CC1. The lowest BCUT2D eigenvalue weighted by Gasteiger charge is -2.31. The largest absolute Gasteiger partial charge is 0.465 e. The molecule has 152 valence electrons. The van der Waals surface area contributed by atoms with Gasteiger partial charge in [-0.1, -0.05) is 64.7 Å². The molecule has 0 N–H and O–H groups in total. The number of unbranched alkanes of at least 4 members (excludes halogenated alkanes) is 9. The maximum absolute atomic E-state index is 12.1. The maximum atomic E-state index is 12.1. The van der Waals surface area contributed by atoms with E-state index in [2.05, 4.69) is 6.92 Å². The monoisotopic (exact) mass is 387 g/mol. The summed E-state index contributed by atoms with van der Waals surface area (Å²) in [6, 6.07) is 0. The van der Waals surface area contributed by atoms with E-state index in [-0.39, 0.29) is 17.8 Å². The van der Waals surface area contributed by atoms with Gasteiger partial charge in [0.05, 0.1) is 12.5 Å². The van der Waals surface area contributed by atoms with Gasteiger partial charge in [-0.15, -0.1) is 11.6 Å². The van der Waals surface area contributed by atoms with Crippen molar-refractivity contribution in [1.82, 2.24) is 4.90 Å². The van der Waals surface area contributed by atoms with E-state index in [1.165, 1.54) is 51.4 Å². The molecule has 0 aromatic heterocycles. The molecule has 1 rings (SSSR count). The predicted molar refractivity (Wildman–Crippen MR) is 107 cm³/mol. The number of rotatable bonds is 13. The number of hydrogen-bond acceptors (Lipinski definition) is 3. The van der Waals surface area contributed by atoms with Crippen molar-refractivity contribution in [2.24, 2.45) is 5.92 Å². The van der Waals surface area contributed by atoms with Crippen LogP contribution < -0.4 is 0 Å². The molecule has 4 nitrogen and oxygen atoms in total. The molecular formula is C21H38ClNO3. The molecule has 0 radical (unpaired) electrons. The average Bonchev–Trinajstić information content (AvgIpc) is 2.65. The smallest absolute Gasteiger partial charge is 0.309 e. The van der Waals surface area contributed by atoms with Crippen LogP contribution in [0, 0.1) is 5.92 Å². The highest BCUT2D eigenvalue weighted by Gasteiger charge is 2.29. The van der Waals surface area contributed by atoms with E-state index in [1.807, 2.05) is 0 Å². The molecule has 1 heterocycles. The van der Waals surface area contributed by atoms with E-state index in [9.17, 15) is 9.59 Å². The number of hydrogen-bond donors (Lipinski definition) is 0. The second kappa shape index (κ2) is 14.3. The Hall–Kier alpha value is -0.770. The standard InChI is InChI=1S/C21H38ClNO3/c1-3-4-5-6-7-8-9-10-11-12-17-26-21(25)19-13-15-23(16-14-19)20(24)18(2)22/h18-19H,3-17H2,1-2H3. The van der Waals surface area contributed by atoms with E-state index in [1.54, 1.807) is 11.8 Å². The van der Waals surface area contributed by atoms with Gasteiger partial charge in [0.25, 0.3) is 0 Å². The van der Waals surface area contributed by atoms with Gasteiger partial charge < -0.3 is 9.64 Å². The second-order valence-electron chi connectivity index (χ2n) is 7.57. The van der Waals surface area contributed by atoms with Gasteiger partial charge in [0, 0.05) is 13.1 Å². The van der Waals surface area contributed by atoms with Crippen LogP contribution in [0.25, 0.3) is 0 Å². The summed E-state index contributed by atoms with van der Waals surface area (Å²) in [6.45, 7) is 5.68. The zero-order valence-corrected chi connectivity index (χ0v) is 17.6. The van der Waals surface area contributed by atoms with Crippen LogP contribution in [0.15, 0.2) is 0 Å². The minimum atomic E-state index is -0.491. The third-order valence-electron chi connectivity index (χ3n) is 5.22. The van der Waals surface area contributed by atoms with Gasteiger partial charge in [-0.25, -0.2) is 0 Å². The van der Waals surface area contributed by atoms with E-state index in [0.29, 0.717) is 32.5 Å². The Kier molecular flexibility index (Phi) is 12.8. The Morgan fingerprint density at radius 1 is 0.962 bits per heavy atom. The van der Waals surface area contributed by atoms with E-state index in [0.717, 1.165) is 12.8 Å². The summed E-state index contributed by atoms with van der Waals surface area (Å²) in [5.41, 5.74) is 0. The van der Waals surface area contributed by atoms with Gasteiger partial charge in [-0.2, -0.15) is 0 Å². The molecule has 1 unspecified atom stereocenters. The average molecular weight is 388 g/mol. The van der Waals surface area contributed by atoms with Gasteiger partial charge in [-0.05, 0) is 26.2 Å². The van der Waals surface area contributed by atoms with Crippen molar-refractivity contribution < 1.29 is 14.3 Å². The molecule has 1 amide bonds. The topological polar surface area (TPSA) is 46.6 Å². The summed E-state index contributed by atoms with van der Waals surface area (Å²) < 4.78 is 5.43. The van der Waals surface area contributed by atoms with Crippen molar-refractivity contribution in [1.29, 1.82) is 0 Å². The second-order valence-corrected chi connectivity index (χ2v) is 8.22. The first kappa shape index (κ1) is 23.3. The first-order chi connectivity index (χ1) is 12.6. The zero-order valence-electron chi connectivity index (χ0n) is 16.8. The van der Waals surface area contributed by atoms with Crippen LogP contribution in [0.2, 0.25) is 0 Å². The van der Waals surface area contributed by atoms with Crippen molar-refractivity contribution in [3.63, 3.8) is 0 Å². The van der Waals surface area contributed by atoms with Crippen LogP contribution >= 0.6 is 11.6 Å². The molecule has 0 bridgehead atoms. The Bertz CT molecular complexity index is 393. The highest BCUT2D eigenvalue weighted by molar-refractivity contribution is 6.30. The molecule has 5 heteroatoms. The summed E-state index contributed by atoms with van der Waals surface area (Å²) in [5.74, 6) is -0.191. The van der Waals surface area contributed by atoms with Crippen molar-refractivity contribution in [2.45, 2.75) is 96.3 Å². The molecule has 0 aromatic rings. The Labute approximate surface area is 165 Å². The number of nitrogens with zero attached hydrogens (tertiary/aromatic N) is 1. The molecular weight excluding hydrogens is 350 g/mol. The summed E-state index contributed by atoms with van der Waals surface area (Å²) in [7, 11) is 0. The normalized spacial score (nSPS) is 16.5. The third kappa shape index (κ3) is 9.80. The highest BCUT2D eigenvalue weighted by atomic mass is 35.5. The van der Waals surface area contributed by atoms with Gasteiger partial charge in [0.15, 0.2) is 0 Å². The zero-order chi connectivity index (χ0) is 19.2. The van der Waals surface area contributed by atoms with E-state index in [4.69, 9.17) is 16.3 Å². The fraction of sp³-hybridized carbons (Fsp3) is 0.905. The minimum Gasteiger partial charge on any atom is -0.465 e. The molecule has 0 aliphatic carbocycles. The Balaban J connectivity index is 1.97. The fourth-order valence-electron chi connectivity index (χ4n) is 3.47. The van der Waals surface area contributed by atoms with E-state index < -0.39 is 5.38 Å². The van der Waals surface area contributed by atoms with Crippen molar-refractivity contribution in [3.05, 3.63) is 0 Å². The Morgan fingerprint density at radius 2 is 1.46 bits per heavy atom. The van der Waals surface area contributed by atoms with Gasteiger partial charge in [0.1, 0.15) is 5.38 Å². The number of piperidine rings is 1. The van der Waals surface area contributed by atoms with Crippen LogP contribution in [0.4, 0.5) is 0 Å². The van der Waals surface area contributed by atoms with Crippen LogP contribution in [-0.2, 0) is 14.3 Å². The van der Waals surface area contributed by atoms with Crippen molar-refractivity contribution in [2.75, 3.05) is 19.7 Å². The molecule has 0 aromatic carbocycles. The summed E-state index contributed by atoms with van der Waals surface area (Å²) >= 11 is 5.84. The van der Waals surface area contributed by atoms with Crippen LogP contribution in [0.3, 0.4) is 0 Å². The van der Waals surface area contributed by atoms with E-state index >= 15 is 0 Å². The number of alkyl halides is 1.